The van der Waals surface area contributed by atoms with Crippen molar-refractivity contribution in [3.8, 4) is 12.8 Å². The Bertz CT molecular complexity index is 207. The van der Waals surface area contributed by atoms with E-state index in [0.29, 0.717) is 11.5 Å². The van der Waals surface area contributed by atoms with Gasteiger partial charge in [0.15, 0.2) is 0 Å². The number of terminal acetylenes is 1. The summed E-state index contributed by atoms with van der Waals surface area (Å²) in [6, 6.07) is 0. The number of rotatable bonds is 5. The van der Waals surface area contributed by atoms with E-state index in [0.717, 1.165) is 12.3 Å². The van der Waals surface area contributed by atoms with E-state index in [2.05, 4.69) is 68.2 Å². The highest BCUT2D eigenvalue weighted by atomic mass is 16.5. The van der Waals surface area contributed by atoms with Crippen LogP contribution in [0.2, 0.25) is 0 Å². The maximum Gasteiger partial charge on any atom is 0.0602 e. The van der Waals surface area contributed by atoms with Gasteiger partial charge in [-0.2, -0.15) is 0 Å². The van der Waals surface area contributed by atoms with Crippen molar-refractivity contribution in [1.29, 1.82) is 0 Å². The van der Waals surface area contributed by atoms with Crippen molar-refractivity contribution in [3.05, 3.63) is 0 Å². The monoisotopic (exact) mass is 270 g/mol. The van der Waals surface area contributed by atoms with Crippen molar-refractivity contribution in [1.82, 2.24) is 0 Å². The van der Waals surface area contributed by atoms with Gasteiger partial charge in [-0.25, -0.2) is 0 Å². The number of hydrogen-bond donors (Lipinski definition) is 0. The van der Waals surface area contributed by atoms with Gasteiger partial charge in [-0.05, 0) is 45.4 Å². The summed E-state index contributed by atoms with van der Waals surface area (Å²) in [4.78, 5) is 0. The second-order valence-electron chi connectivity index (χ2n) is 6.54. The summed E-state index contributed by atoms with van der Waals surface area (Å²) >= 11 is 0. The highest BCUT2D eigenvalue weighted by Crippen LogP contribution is 2.35. The highest BCUT2D eigenvalue weighted by Gasteiger charge is 2.28. The molecule has 1 nitrogen and oxygen atoms in total. The van der Waals surface area contributed by atoms with Crippen molar-refractivity contribution in [2.75, 3.05) is 0 Å². The molecule has 0 fully saturated rings. The van der Waals surface area contributed by atoms with Gasteiger partial charge in [0, 0.05) is 0 Å². The van der Waals surface area contributed by atoms with Crippen LogP contribution in [0.5, 0.6) is 0 Å². The normalized spacial score (nSPS) is 14.3. The average Bonchev–Trinajstić information content (AvgIpc) is 2.29. The fourth-order valence-electron chi connectivity index (χ4n) is 2.14. The van der Waals surface area contributed by atoms with Crippen LogP contribution in [-0.4, -0.2) is 11.7 Å². The maximum absolute atomic E-state index is 5.97. The minimum Gasteiger partial charge on any atom is -0.373 e. The van der Waals surface area contributed by atoms with Crippen molar-refractivity contribution < 1.29 is 4.74 Å². The van der Waals surface area contributed by atoms with Gasteiger partial charge in [0.25, 0.3) is 0 Å². The molecule has 0 amide bonds. The van der Waals surface area contributed by atoms with E-state index in [-0.39, 0.29) is 5.60 Å². The lowest BCUT2D eigenvalue weighted by Gasteiger charge is -2.36. The summed E-state index contributed by atoms with van der Waals surface area (Å²) in [7, 11) is 0. The molecule has 0 aliphatic rings. The first-order valence-electron chi connectivity index (χ1n) is 7.59. The van der Waals surface area contributed by atoms with Gasteiger partial charge in [0.1, 0.15) is 0 Å². The molecule has 1 unspecified atom stereocenters. The average molecular weight is 271 g/mol. The largest absolute Gasteiger partial charge is 0.373 e. The molecule has 0 aliphatic heterocycles. The van der Waals surface area contributed by atoms with Crippen LogP contribution >= 0.6 is 0 Å². The molecule has 0 spiro atoms. The Morgan fingerprint density at radius 2 is 1.32 bits per heavy atom. The van der Waals surface area contributed by atoms with Crippen LogP contribution in [0.1, 0.15) is 82.1 Å². The number of hydrogen-bond acceptors (Lipinski definition) is 1. The third kappa shape index (κ3) is 13.7. The molecule has 0 rings (SSSR count). The zero-order valence-corrected chi connectivity index (χ0v) is 15.1. The first kappa shape index (κ1) is 23.6. The SMILES string of the molecule is C#C.CC.CC[C@H](C)C(C)(C)CC(C)OC(C)(C)C. The zero-order valence-electron chi connectivity index (χ0n) is 15.1. The summed E-state index contributed by atoms with van der Waals surface area (Å²) in [5.41, 5.74) is 0.352. The molecule has 0 aliphatic carbocycles. The van der Waals surface area contributed by atoms with Crippen LogP contribution in [0.3, 0.4) is 0 Å². The van der Waals surface area contributed by atoms with Crippen molar-refractivity contribution in [3.63, 3.8) is 0 Å². The Balaban J connectivity index is -0.000000579. The van der Waals surface area contributed by atoms with Crippen LogP contribution in [-0.2, 0) is 4.74 Å². The fraction of sp³-hybridized carbons (Fsp3) is 0.889. The van der Waals surface area contributed by atoms with Crippen molar-refractivity contribution in [2.45, 2.75) is 93.8 Å². The van der Waals surface area contributed by atoms with E-state index < -0.39 is 0 Å². The molecule has 1 heteroatoms. The third-order valence-electron chi connectivity index (χ3n) is 3.31. The van der Waals surface area contributed by atoms with Gasteiger partial charge in [0.2, 0.25) is 0 Å². The minimum atomic E-state index is -0.0229. The first-order valence-corrected chi connectivity index (χ1v) is 7.59. The van der Waals surface area contributed by atoms with E-state index in [9.17, 15) is 0 Å². The maximum atomic E-state index is 5.97. The second kappa shape index (κ2) is 11.4. The topological polar surface area (TPSA) is 9.23 Å². The van der Waals surface area contributed by atoms with Gasteiger partial charge < -0.3 is 4.74 Å². The predicted octanol–water partition coefficient (Wildman–Crippen LogP) is 5.93. The molecule has 116 valence electrons. The van der Waals surface area contributed by atoms with E-state index in [1.807, 2.05) is 13.8 Å². The van der Waals surface area contributed by atoms with Crippen molar-refractivity contribution >= 4 is 0 Å². The molecule has 0 aromatic heterocycles. The Labute approximate surface area is 123 Å². The summed E-state index contributed by atoms with van der Waals surface area (Å²) in [6.45, 7) is 21.9. The lowest BCUT2D eigenvalue weighted by atomic mass is 9.74. The Hall–Kier alpha value is -0.480. The van der Waals surface area contributed by atoms with E-state index in [1.54, 1.807) is 0 Å². The minimum absolute atomic E-state index is 0.0229. The molecule has 19 heavy (non-hydrogen) atoms. The molecule has 0 saturated heterocycles. The molecular weight excluding hydrogens is 232 g/mol. The first-order chi connectivity index (χ1) is 8.58. The predicted molar refractivity (Wildman–Crippen MR) is 89.4 cm³/mol. The lowest BCUT2D eigenvalue weighted by molar-refractivity contribution is -0.0716. The second-order valence-corrected chi connectivity index (χ2v) is 6.54. The molecule has 0 aromatic carbocycles. The third-order valence-corrected chi connectivity index (χ3v) is 3.31. The van der Waals surface area contributed by atoms with Gasteiger partial charge in [-0.1, -0.05) is 48.0 Å². The van der Waals surface area contributed by atoms with Crippen LogP contribution in [0.15, 0.2) is 0 Å². The summed E-state index contributed by atoms with van der Waals surface area (Å²) in [5.74, 6) is 0.753. The summed E-state index contributed by atoms with van der Waals surface area (Å²) < 4.78 is 5.97. The molecule has 0 saturated carbocycles. The van der Waals surface area contributed by atoms with E-state index in [1.165, 1.54) is 6.42 Å². The van der Waals surface area contributed by atoms with Crippen LogP contribution in [0.4, 0.5) is 0 Å². The van der Waals surface area contributed by atoms with Crippen LogP contribution < -0.4 is 0 Å². The molecule has 0 N–H and O–H groups in total. The smallest absolute Gasteiger partial charge is 0.0602 e. The molecule has 0 heterocycles. The van der Waals surface area contributed by atoms with E-state index >= 15 is 0 Å². The summed E-state index contributed by atoms with van der Waals surface area (Å²) in [6.07, 6.45) is 10.7. The quantitative estimate of drug-likeness (QED) is 0.563. The zero-order chi connectivity index (χ0) is 16.3. The lowest BCUT2D eigenvalue weighted by Crippen LogP contribution is -2.32. The molecule has 0 bridgehead atoms. The van der Waals surface area contributed by atoms with Crippen LogP contribution in [0, 0.1) is 24.2 Å². The standard InChI is InChI=1S/C14H30O.C2H6.C2H2/c1-9-11(2)14(7,8)10-12(3)15-13(4,5)6;2*1-2/h11-12H,9-10H2,1-8H3;1-2H3;1-2H/t11-,12?;;/m0../s1. The van der Waals surface area contributed by atoms with Gasteiger partial charge in [-0.3, -0.25) is 0 Å². The Kier molecular flexibility index (Phi) is 14.1. The van der Waals surface area contributed by atoms with Gasteiger partial charge >= 0.3 is 0 Å². The van der Waals surface area contributed by atoms with Gasteiger partial charge in [0.05, 0.1) is 11.7 Å². The summed E-state index contributed by atoms with van der Waals surface area (Å²) in [5, 5.41) is 0. The Morgan fingerprint density at radius 1 is 0.947 bits per heavy atom. The van der Waals surface area contributed by atoms with E-state index in [4.69, 9.17) is 4.74 Å². The molecule has 0 aromatic rings. The van der Waals surface area contributed by atoms with Crippen LogP contribution in [0.25, 0.3) is 0 Å². The van der Waals surface area contributed by atoms with Gasteiger partial charge in [-0.15, -0.1) is 12.8 Å². The number of ether oxygens (including phenoxy) is 1. The highest BCUT2D eigenvalue weighted by molar-refractivity contribution is 4.78. The molecular formula is C18H38O. The fourth-order valence-corrected chi connectivity index (χ4v) is 2.14. The molecule has 0 radical (unpaired) electrons. The Morgan fingerprint density at radius 3 is 1.58 bits per heavy atom. The van der Waals surface area contributed by atoms with Crippen molar-refractivity contribution in [2.24, 2.45) is 11.3 Å². The molecule has 2 atom stereocenters.